The molecule has 1 nitrogen and oxygen atoms in total. The molecule has 0 aliphatic heterocycles. The second-order valence-electron chi connectivity index (χ2n) is 11.1. The maximum Gasteiger partial charge on any atom is 0.0715 e. The van der Waals surface area contributed by atoms with Crippen LogP contribution in [0.25, 0.3) is 60.4 Å². The van der Waals surface area contributed by atoms with Crippen LogP contribution in [0.3, 0.4) is 0 Å². The topological polar surface area (TPSA) is 12.9 Å². The number of allylic oxidation sites excluding steroid dienone is 4. The smallest absolute Gasteiger partial charge is 0.0715 e. The Balaban J connectivity index is 1.21. The van der Waals surface area contributed by atoms with Gasteiger partial charge in [0, 0.05) is 17.0 Å². The van der Waals surface area contributed by atoms with E-state index in [0.29, 0.717) is 5.92 Å². The fourth-order valence-electron chi connectivity index (χ4n) is 6.51. The third-order valence-electron chi connectivity index (χ3n) is 8.61. The van der Waals surface area contributed by atoms with E-state index in [-0.39, 0.29) is 0 Å². The lowest BCUT2D eigenvalue weighted by Crippen LogP contribution is -2.02. The molecule has 0 spiro atoms. The average molecular weight is 536 g/mol. The van der Waals surface area contributed by atoms with Gasteiger partial charge in [0.1, 0.15) is 0 Å². The van der Waals surface area contributed by atoms with Gasteiger partial charge in [0.2, 0.25) is 0 Å². The van der Waals surface area contributed by atoms with Crippen LogP contribution in [0.4, 0.5) is 0 Å². The highest BCUT2D eigenvalue weighted by Crippen LogP contribution is 2.40. The molecule has 0 saturated heterocycles. The number of pyridine rings is 1. The Labute approximate surface area is 246 Å². The van der Waals surface area contributed by atoms with Crippen molar-refractivity contribution < 1.29 is 0 Å². The third-order valence-corrected chi connectivity index (χ3v) is 8.61. The van der Waals surface area contributed by atoms with Gasteiger partial charge < -0.3 is 0 Å². The Hall–Kier alpha value is -5.27. The van der Waals surface area contributed by atoms with E-state index in [9.17, 15) is 0 Å². The highest BCUT2D eigenvalue weighted by Gasteiger charge is 2.18. The predicted octanol–water partition coefficient (Wildman–Crippen LogP) is 11.0. The molecule has 42 heavy (non-hydrogen) atoms. The van der Waals surface area contributed by atoms with E-state index >= 15 is 0 Å². The first-order valence-corrected chi connectivity index (χ1v) is 14.7. The third kappa shape index (κ3) is 4.31. The average Bonchev–Trinajstić information content (AvgIpc) is 3.09. The fraction of sp³-hybridized carbons (Fsp3) is 0.0488. The SMILES string of the molecule is C1=CC(c2ccc3c4ccccc4c4ccccc4c3c2)CC(c2cc(-c3ccccc3)nc(-c3ccccc3)c2)=C1. The van der Waals surface area contributed by atoms with Crippen LogP contribution in [0.5, 0.6) is 0 Å². The van der Waals surface area contributed by atoms with E-state index in [1.54, 1.807) is 0 Å². The first kappa shape index (κ1) is 24.5. The number of benzene rings is 6. The summed E-state index contributed by atoms with van der Waals surface area (Å²) in [7, 11) is 0. The van der Waals surface area contributed by atoms with Crippen molar-refractivity contribution in [2.45, 2.75) is 12.3 Å². The van der Waals surface area contributed by atoms with Gasteiger partial charge in [0.15, 0.2) is 0 Å². The predicted molar refractivity (Wildman–Crippen MR) is 179 cm³/mol. The monoisotopic (exact) mass is 535 g/mol. The molecule has 7 aromatic rings. The van der Waals surface area contributed by atoms with E-state index < -0.39 is 0 Å². The summed E-state index contributed by atoms with van der Waals surface area (Å²) in [5, 5.41) is 7.91. The molecule has 1 aliphatic rings. The molecular formula is C41H29N. The second-order valence-corrected chi connectivity index (χ2v) is 11.1. The summed E-state index contributed by atoms with van der Waals surface area (Å²) < 4.78 is 0. The Morgan fingerprint density at radius 1 is 0.452 bits per heavy atom. The molecule has 0 amide bonds. The van der Waals surface area contributed by atoms with Gasteiger partial charge in [-0.05, 0) is 73.6 Å². The number of aromatic nitrogens is 1. The van der Waals surface area contributed by atoms with E-state index in [0.717, 1.165) is 28.9 Å². The Morgan fingerprint density at radius 2 is 0.952 bits per heavy atom. The lowest BCUT2D eigenvalue weighted by Gasteiger charge is -2.21. The van der Waals surface area contributed by atoms with Gasteiger partial charge >= 0.3 is 0 Å². The highest BCUT2D eigenvalue weighted by atomic mass is 14.7. The molecule has 0 fully saturated rings. The molecule has 6 aromatic carbocycles. The zero-order valence-electron chi connectivity index (χ0n) is 23.2. The largest absolute Gasteiger partial charge is 0.248 e. The molecule has 1 heterocycles. The molecule has 198 valence electrons. The molecule has 1 atom stereocenters. The molecule has 0 N–H and O–H groups in total. The van der Waals surface area contributed by atoms with Crippen molar-refractivity contribution in [3.8, 4) is 22.5 Å². The van der Waals surface area contributed by atoms with Gasteiger partial charge in [0.05, 0.1) is 11.4 Å². The van der Waals surface area contributed by atoms with Crippen LogP contribution >= 0.6 is 0 Å². The summed E-state index contributed by atoms with van der Waals surface area (Å²) in [5.74, 6) is 0.299. The molecular weight excluding hydrogens is 506 g/mol. The number of nitrogens with zero attached hydrogens (tertiary/aromatic N) is 1. The van der Waals surface area contributed by atoms with Crippen LogP contribution in [-0.2, 0) is 0 Å². The van der Waals surface area contributed by atoms with Crippen LogP contribution < -0.4 is 0 Å². The summed E-state index contributed by atoms with van der Waals surface area (Å²) in [4.78, 5) is 5.09. The number of fused-ring (bicyclic) bond motifs is 6. The van der Waals surface area contributed by atoms with Crippen molar-refractivity contribution in [2.24, 2.45) is 0 Å². The normalized spacial score (nSPS) is 14.9. The first-order valence-electron chi connectivity index (χ1n) is 14.7. The Bertz CT molecular complexity index is 2060. The van der Waals surface area contributed by atoms with Crippen molar-refractivity contribution in [1.29, 1.82) is 0 Å². The zero-order chi connectivity index (χ0) is 27.9. The van der Waals surface area contributed by atoms with Gasteiger partial charge in [-0.25, -0.2) is 4.98 Å². The molecule has 0 bridgehead atoms. The van der Waals surface area contributed by atoms with Gasteiger partial charge in [-0.2, -0.15) is 0 Å². The minimum Gasteiger partial charge on any atom is -0.248 e. The van der Waals surface area contributed by atoms with E-state index in [1.165, 1.54) is 49.0 Å². The van der Waals surface area contributed by atoms with Crippen LogP contribution in [0.15, 0.2) is 158 Å². The maximum absolute atomic E-state index is 5.09. The quantitative estimate of drug-likeness (QED) is 0.204. The van der Waals surface area contributed by atoms with E-state index in [2.05, 4.69) is 158 Å². The highest BCUT2D eigenvalue weighted by molar-refractivity contribution is 6.25. The minimum atomic E-state index is 0.299. The Morgan fingerprint density at radius 3 is 1.52 bits per heavy atom. The molecule has 0 saturated carbocycles. The summed E-state index contributed by atoms with van der Waals surface area (Å²) >= 11 is 0. The van der Waals surface area contributed by atoms with Gasteiger partial charge in [-0.3, -0.25) is 0 Å². The van der Waals surface area contributed by atoms with Gasteiger partial charge in [0.25, 0.3) is 0 Å². The maximum atomic E-state index is 5.09. The molecule has 0 radical (unpaired) electrons. The van der Waals surface area contributed by atoms with E-state index in [4.69, 9.17) is 4.98 Å². The zero-order valence-corrected chi connectivity index (χ0v) is 23.2. The van der Waals surface area contributed by atoms with Crippen LogP contribution in [-0.4, -0.2) is 4.98 Å². The summed E-state index contributed by atoms with van der Waals surface area (Å²) in [6.07, 6.45) is 7.81. The molecule has 1 aromatic heterocycles. The van der Waals surface area contributed by atoms with Crippen molar-refractivity contribution in [1.82, 2.24) is 4.98 Å². The number of rotatable bonds is 4. The summed E-state index contributed by atoms with van der Waals surface area (Å²) in [6.45, 7) is 0. The minimum absolute atomic E-state index is 0.299. The molecule has 8 rings (SSSR count). The molecule has 1 unspecified atom stereocenters. The lowest BCUT2D eigenvalue weighted by atomic mass is 9.83. The van der Waals surface area contributed by atoms with Crippen LogP contribution in [0.2, 0.25) is 0 Å². The van der Waals surface area contributed by atoms with Crippen molar-refractivity contribution in [3.63, 3.8) is 0 Å². The summed E-state index contributed by atoms with van der Waals surface area (Å²) in [6, 6.07) is 50.2. The van der Waals surface area contributed by atoms with Gasteiger partial charge in [-0.1, -0.05) is 140 Å². The van der Waals surface area contributed by atoms with Crippen molar-refractivity contribution in [2.75, 3.05) is 0 Å². The molecule has 1 aliphatic carbocycles. The van der Waals surface area contributed by atoms with Crippen LogP contribution in [0.1, 0.15) is 23.5 Å². The van der Waals surface area contributed by atoms with Gasteiger partial charge in [-0.15, -0.1) is 0 Å². The van der Waals surface area contributed by atoms with Crippen LogP contribution in [0, 0.1) is 0 Å². The number of hydrogen-bond donors (Lipinski definition) is 0. The second kappa shape index (κ2) is 10.3. The van der Waals surface area contributed by atoms with E-state index in [1.807, 2.05) is 0 Å². The van der Waals surface area contributed by atoms with Crippen molar-refractivity contribution >= 4 is 37.9 Å². The lowest BCUT2D eigenvalue weighted by molar-refractivity contribution is 0.869. The first-order chi connectivity index (χ1) is 20.8. The number of hydrogen-bond acceptors (Lipinski definition) is 1. The Kier molecular flexibility index (Phi) is 6.00. The standard InChI is InChI=1S/C41H29N/c1-3-12-28(13-4-1)40-26-33(27-41(42-40)29-14-5-2-6-15-29)31-17-11-16-30(24-31)32-22-23-38-36-20-8-7-18-34(36)35-19-9-10-21-37(35)39(38)25-32/h1-23,25-27,30H,24H2. The fourth-order valence-corrected chi connectivity index (χ4v) is 6.51. The van der Waals surface area contributed by atoms with Crippen molar-refractivity contribution in [3.05, 3.63) is 169 Å². The molecule has 1 heteroatoms. The summed E-state index contributed by atoms with van der Waals surface area (Å²) in [5.41, 5.74) is 8.19.